The topological polar surface area (TPSA) is 76.1 Å². The average molecular weight is 290 g/mol. The van der Waals surface area contributed by atoms with E-state index in [9.17, 15) is 13.2 Å². The molecule has 104 valence electrons. The summed E-state index contributed by atoms with van der Waals surface area (Å²) in [5.41, 5.74) is 1.53. The molecule has 5 nitrogen and oxygen atoms in total. The number of nitrogens with zero attached hydrogens (tertiary/aromatic N) is 1. The highest BCUT2D eigenvalue weighted by atomic mass is 32.2. The standard InChI is InChI=1S/C14H14N2O3S/c1-10-6-7-13(9-15-10)16-20(18,19)14-5-3-4-12(8-14)11(2)17/h3-9,16H,1-2H3. The van der Waals surface area contributed by atoms with Gasteiger partial charge in [-0.1, -0.05) is 12.1 Å². The van der Waals surface area contributed by atoms with E-state index in [1.165, 1.54) is 25.3 Å². The van der Waals surface area contributed by atoms with E-state index in [1.807, 2.05) is 6.92 Å². The number of Topliss-reactive ketones (excluding diaryl/α,β-unsaturated/α-hetero) is 1. The normalized spacial score (nSPS) is 11.1. The number of ketones is 1. The number of benzene rings is 1. The third kappa shape index (κ3) is 3.21. The summed E-state index contributed by atoms with van der Waals surface area (Å²) in [6, 6.07) is 9.26. The molecule has 0 amide bonds. The second kappa shape index (κ2) is 5.42. The van der Waals surface area contributed by atoms with Crippen LogP contribution in [0.4, 0.5) is 5.69 Å². The zero-order chi connectivity index (χ0) is 14.8. The smallest absolute Gasteiger partial charge is 0.261 e. The predicted molar refractivity (Wildman–Crippen MR) is 76.2 cm³/mol. The van der Waals surface area contributed by atoms with Crippen LogP contribution in [0.15, 0.2) is 47.5 Å². The molecule has 0 atom stereocenters. The van der Waals surface area contributed by atoms with Crippen LogP contribution in [0.25, 0.3) is 0 Å². The fourth-order valence-electron chi connectivity index (χ4n) is 1.62. The molecule has 2 rings (SSSR count). The number of aromatic nitrogens is 1. The second-order valence-corrected chi connectivity index (χ2v) is 6.06. The minimum atomic E-state index is -3.72. The quantitative estimate of drug-likeness (QED) is 0.877. The van der Waals surface area contributed by atoms with E-state index in [0.717, 1.165) is 5.69 Å². The molecule has 0 aliphatic carbocycles. The van der Waals surface area contributed by atoms with Crippen molar-refractivity contribution in [3.8, 4) is 0 Å². The minimum absolute atomic E-state index is 0.0470. The summed E-state index contributed by atoms with van der Waals surface area (Å²) in [7, 11) is -3.72. The Labute approximate surface area is 117 Å². The van der Waals surface area contributed by atoms with Crippen LogP contribution in [0.1, 0.15) is 23.0 Å². The van der Waals surface area contributed by atoms with E-state index >= 15 is 0 Å². The Kier molecular flexibility index (Phi) is 3.85. The summed E-state index contributed by atoms with van der Waals surface area (Å²) < 4.78 is 26.8. The third-order valence-corrected chi connectivity index (χ3v) is 4.09. The molecule has 1 aromatic carbocycles. The molecular formula is C14H14N2O3S. The number of nitrogens with one attached hydrogen (secondary N) is 1. The summed E-state index contributed by atoms with van der Waals surface area (Å²) >= 11 is 0. The number of hydrogen-bond donors (Lipinski definition) is 1. The average Bonchev–Trinajstić information content (AvgIpc) is 2.41. The van der Waals surface area contributed by atoms with Gasteiger partial charge >= 0.3 is 0 Å². The number of sulfonamides is 1. The van der Waals surface area contributed by atoms with Gasteiger partial charge in [0.1, 0.15) is 0 Å². The summed E-state index contributed by atoms with van der Waals surface area (Å²) in [5, 5.41) is 0. The van der Waals surface area contributed by atoms with Crippen molar-refractivity contribution in [2.24, 2.45) is 0 Å². The molecule has 0 fully saturated rings. The maximum atomic E-state index is 12.2. The van der Waals surface area contributed by atoms with Gasteiger partial charge in [0.2, 0.25) is 0 Å². The molecule has 0 aliphatic rings. The van der Waals surface area contributed by atoms with E-state index in [1.54, 1.807) is 24.3 Å². The number of hydrogen-bond acceptors (Lipinski definition) is 4. The molecule has 0 spiro atoms. The molecule has 1 N–H and O–H groups in total. The van der Waals surface area contributed by atoms with Crippen LogP contribution in [-0.2, 0) is 10.0 Å². The van der Waals surface area contributed by atoms with E-state index in [2.05, 4.69) is 9.71 Å². The summed E-state index contributed by atoms with van der Waals surface area (Å²) in [6.45, 7) is 3.21. The monoisotopic (exact) mass is 290 g/mol. The molecule has 1 aromatic heterocycles. The van der Waals surface area contributed by atoms with Gasteiger partial charge in [0.15, 0.2) is 5.78 Å². The van der Waals surface area contributed by atoms with Crippen molar-refractivity contribution in [1.29, 1.82) is 0 Å². The first-order valence-corrected chi connectivity index (χ1v) is 7.43. The predicted octanol–water partition coefficient (Wildman–Crippen LogP) is 2.39. The van der Waals surface area contributed by atoms with Crippen molar-refractivity contribution in [1.82, 2.24) is 4.98 Å². The van der Waals surface area contributed by atoms with Gasteiger partial charge in [-0.2, -0.15) is 0 Å². The third-order valence-electron chi connectivity index (χ3n) is 2.71. The Morgan fingerprint density at radius 2 is 1.95 bits per heavy atom. The molecule has 0 unspecified atom stereocenters. The van der Waals surface area contributed by atoms with Gasteiger partial charge in [0.25, 0.3) is 10.0 Å². The molecule has 20 heavy (non-hydrogen) atoms. The van der Waals surface area contributed by atoms with Gasteiger partial charge in [-0.05, 0) is 38.1 Å². The highest BCUT2D eigenvalue weighted by Crippen LogP contribution is 2.17. The van der Waals surface area contributed by atoms with Gasteiger partial charge in [0.05, 0.1) is 16.8 Å². The first-order valence-electron chi connectivity index (χ1n) is 5.95. The Morgan fingerprint density at radius 3 is 2.55 bits per heavy atom. The fraction of sp³-hybridized carbons (Fsp3) is 0.143. The molecule has 0 aliphatic heterocycles. The second-order valence-electron chi connectivity index (χ2n) is 4.38. The fourth-order valence-corrected chi connectivity index (χ4v) is 2.71. The maximum absolute atomic E-state index is 12.2. The van der Waals surface area contributed by atoms with Gasteiger partial charge in [-0.25, -0.2) is 8.42 Å². The SMILES string of the molecule is CC(=O)c1cccc(S(=O)(=O)Nc2ccc(C)nc2)c1. The van der Waals surface area contributed by atoms with Crippen molar-refractivity contribution in [3.05, 3.63) is 53.9 Å². The van der Waals surface area contributed by atoms with Crippen LogP contribution in [-0.4, -0.2) is 19.2 Å². The summed E-state index contributed by atoms with van der Waals surface area (Å²) in [6.07, 6.45) is 1.45. The first kappa shape index (κ1) is 14.2. The lowest BCUT2D eigenvalue weighted by Crippen LogP contribution is -2.13. The number of aryl methyl sites for hydroxylation is 1. The Hall–Kier alpha value is -2.21. The van der Waals surface area contributed by atoms with Crippen molar-refractivity contribution >= 4 is 21.5 Å². The van der Waals surface area contributed by atoms with Crippen molar-refractivity contribution in [2.75, 3.05) is 4.72 Å². The van der Waals surface area contributed by atoms with Gasteiger partial charge in [-0.15, -0.1) is 0 Å². The van der Waals surface area contributed by atoms with Crippen LogP contribution < -0.4 is 4.72 Å². The van der Waals surface area contributed by atoms with Gasteiger partial charge in [-0.3, -0.25) is 14.5 Å². The van der Waals surface area contributed by atoms with Crippen molar-refractivity contribution in [3.63, 3.8) is 0 Å². The molecule has 0 bridgehead atoms. The Balaban J connectivity index is 2.33. The number of anilines is 1. The number of carbonyl (C=O) groups excluding carboxylic acids is 1. The number of pyridine rings is 1. The summed E-state index contributed by atoms with van der Waals surface area (Å²) in [5.74, 6) is -0.181. The summed E-state index contributed by atoms with van der Waals surface area (Å²) in [4.78, 5) is 15.4. The van der Waals surface area contributed by atoms with Crippen LogP contribution >= 0.6 is 0 Å². The molecule has 6 heteroatoms. The molecule has 1 heterocycles. The zero-order valence-electron chi connectivity index (χ0n) is 11.1. The Morgan fingerprint density at radius 1 is 1.20 bits per heavy atom. The van der Waals surface area contributed by atoms with E-state index in [0.29, 0.717) is 11.3 Å². The highest BCUT2D eigenvalue weighted by Gasteiger charge is 2.15. The van der Waals surface area contributed by atoms with E-state index in [4.69, 9.17) is 0 Å². The largest absolute Gasteiger partial charge is 0.295 e. The molecule has 2 aromatic rings. The molecule has 0 saturated carbocycles. The first-order chi connectivity index (χ1) is 9.38. The van der Waals surface area contributed by atoms with Crippen molar-refractivity contribution < 1.29 is 13.2 Å². The molecule has 0 radical (unpaired) electrons. The van der Waals surface area contributed by atoms with E-state index in [-0.39, 0.29) is 10.7 Å². The Bertz CT molecular complexity index is 737. The van der Waals surface area contributed by atoms with E-state index < -0.39 is 10.0 Å². The molecular weight excluding hydrogens is 276 g/mol. The van der Waals surface area contributed by atoms with Crippen LogP contribution in [0.2, 0.25) is 0 Å². The molecule has 0 saturated heterocycles. The zero-order valence-corrected chi connectivity index (χ0v) is 11.9. The minimum Gasteiger partial charge on any atom is -0.295 e. The van der Waals surface area contributed by atoms with Crippen LogP contribution in [0, 0.1) is 6.92 Å². The maximum Gasteiger partial charge on any atom is 0.261 e. The van der Waals surface area contributed by atoms with Crippen LogP contribution in [0.5, 0.6) is 0 Å². The van der Waals surface area contributed by atoms with Gasteiger partial charge in [0, 0.05) is 11.3 Å². The van der Waals surface area contributed by atoms with Crippen LogP contribution in [0.3, 0.4) is 0 Å². The highest BCUT2D eigenvalue weighted by molar-refractivity contribution is 7.92. The lowest BCUT2D eigenvalue weighted by Gasteiger charge is -2.08. The lowest BCUT2D eigenvalue weighted by atomic mass is 10.2. The lowest BCUT2D eigenvalue weighted by molar-refractivity contribution is 0.101. The number of rotatable bonds is 4. The van der Waals surface area contributed by atoms with Gasteiger partial charge < -0.3 is 0 Å². The number of carbonyl (C=O) groups is 1. The van der Waals surface area contributed by atoms with Crippen molar-refractivity contribution in [2.45, 2.75) is 18.7 Å².